The normalized spacial score (nSPS) is 20.8. The molecule has 0 saturated carbocycles. The van der Waals surface area contributed by atoms with Crippen LogP contribution in [0, 0.1) is 0 Å². The van der Waals surface area contributed by atoms with Crippen molar-refractivity contribution < 1.29 is 14.7 Å². The zero-order valence-electron chi connectivity index (χ0n) is 11.8. The molecule has 2 amide bonds. The lowest BCUT2D eigenvalue weighted by molar-refractivity contribution is -0.132. The molecule has 2 unspecified atom stereocenters. The van der Waals surface area contributed by atoms with Crippen LogP contribution in [-0.4, -0.2) is 29.5 Å². The average molecular weight is 276 g/mol. The molecule has 0 aromatic heterocycles. The second kappa shape index (κ2) is 6.05. The molecule has 2 N–H and O–H groups in total. The summed E-state index contributed by atoms with van der Waals surface area (Å²) in [6.45, 7) is 4.02. The Labute approximate surface area is 118 Å². The first-order valence-electron chi connectivity index (χ1n) is 6.95. The van der Waals surface area contributed by atoms with Gasteiger partial charge in [-0.05, 0) is 30.5 Å². The fraction of sp³-hybridized carbons (Fsp3) is 0.467. The molecular weight excluding hydrogens is 256 g/mol. The zero-order valence-corrected chi connectivity index (χ0v) is 11.8. The first-order chi connectivity index (χ1) is 9.56. The number of hydrogen-bond donors (Lipinski definition) is 2. The maximum atomic E-state index is 11.8. The van der Waals surface area contributed by atoms with Gasteiger partial charge in [-0.3, -0.25) is 14.9 Å². The van der Waals surface area contributed by atoms with E-state index in [0.29, 0.717) is 12.8 Å². The number of imide groups is 1. The second-order valence-corrected chi connectivity index (χ2v) is 4.98. The quantitative estimate of drug-likeness (QED) is 0.815. The lowest BCUT2D eigenvalue weighted by Gasteiger charge is -2.35. The Balaban J connectivity index is 2.24. The number of nitrogens with one attached hydrogen (secondary N) is 1. The Bertz CT molecular complexity index is 498. The van der Waals surface area contributed by atoms with Crippen molar-refractivity contribution in [3.63, 3.8) is 0 Å². The number of nitrogens with zero attached hydrogens (tertiary/aromatic N) is 1. The van der Waals surface area contributed by atoms with Crippen molar-refractivity contribution in [2.75, 3.05) is 11.4 Å². The Kier molecular flexibility index (Phi) is 4.39. The van der Waals surface area contributed by atoms with Crippen LogP contribution in [-0.2, 0) is 9.59 Å². The van der Waals surface area contributed by atoms with Crippen molar-refractivity contribution in [2.24, 2.45) is 0 Å². The van der Waals surface area contributed by atoms with Gasteiger partial charge in [0.05, 0.1) is 12.6 Å². The Morgan fingerprint density at radius 1 is 1.30 bits per heavy atom. The highest BCUT2D eigenvalue weighted by Gasteiger charge is 2.32. The van der Waals surface area contributed by atoms with Gasteiger partial charge in [-0.25, -0.2) is 0 Å². The summed E-state index contributed by atoms with van der Waals surface area (Å²) in [5.74, 6) is -0.529. The van der Waals surface area contributed by atoms with Gasteiger partial charge in [-0.2, -0.15) is 0 Å². The number of piperazine rings is 1. The van der Waals surface area contributed by atoms with Crippen LogP contribution in [0.2, 0.25) is 0 Å². The van der Waals surface area contributed by atoms with Crippen molar-refractivity contribution in [1.82, 2.24) is 5.32 Å². The van der Waals surface area contributed by atoms with Crippen LogP contribution in [0.3, 0.4) is 0 Å². The van der Waals surface area contributed by atoms with Crippen molar-refractivity contribution in [2.45, 2.75) is 38.8 Å². The predicted molar refractivity (Wildman–Crippen MR) is 76.3 cm³/mol. The topological polar surface area (TPSA) is 69.6 Å². The molecule has 20 heavy (non-hydrogen) atoms. The standard InChI is InChI=1S/C15H20N2O3/c1-3-12-15(20)16-14(19)9-17(12)11-7-5-10(6-8-11)13(18)4-2/h5-8,12-13,18H,3-4,9H2,1-2H3,(H,16,19,20). The maximum Gasteiger partial charge on any atom is 0.249 e. The van der Waals surface area contributed by atoms with E-state index >= 15 is 0 Å². The third kappa shape index (κ3) is 2.82. The molecule has 1 fully saturated rings. The highest BCUT2D eigenvalue weighted by Crippen LogP contribution is 2.24. The largest absolute Gasteiger partial charge is 0.388 e. The summed E-state index contributed by atoms with van der Waals surface area (Å²) < 4.78 is 0. The number of hydrogen-bond acceptors (Lipinski definition) is 4. The van der Waals surface area contributed by atoms with Crippen LogP contribution in [0.15, 0.2) is 24.3 Å². The second-order valence-electron chi connectivity index (χ2n) is 4.98. The lowest BCUT2D eigenvalue weighted by Crippen LogP contribution is -2.58. The van der Waals surface area contributed by atoms with E-state index in [0.717, 1.165) is 11.3 Å². The van der Waals surface area contributed by atoms with Crippen LogP contribution in [0.4, 0.5) is 5.69 Å². The van der Waals surface area contributed by atoms with Crippen LogP contribution < -0.4 is 10.2 Å². The van der Waals surface area contributed by atoms with Gasteiger partial charge in [-0.15, -0.1) is 0 Å². The molecule has 0 radical (unpaired) electrons. The summed E-state index contributed by atoms with van der Waals surface area (Å²) in [5.41, 5.74) is 1.67. The van der Waals surface area contributed by atoms with Gasteiger partial charge in [0, 0.05) is 5.69 Å². The van der Waals surface area contributed by atoms with Gasteiger partial charge in [-0.1, -0.05) is 26.0 Å². The number of carbonyl (C=O) groups is 2. The summed E-state index contributed by atoms with van der Waals surface area (Å²) in [6.07, 6.45) is 0.817. The van der Waals surface area contributed by atoms with Crippen molar-refractivity contribution >= 4 is 17.5 Å². The molecule has 0 aliphatic carbocycles. The van der Waals surface area contributed by atoms with Crippen molar-refractivity contribution in [3.8, 4) is 0 Å². The van der Waals surface area contributed by atoms with E-state index in [2.05, 4.69) is 5.32 Å². The number of anilines is 1. The highest BCUT2D eigenvalue weighted by atomic mass is 16.3. The molecule has 2 atom stereocenters. The molecule has 1 saturated heterocycles. The molecule has 1 aliphatic rings. The predicted octanol–water partition coefficient (Wildman–Crippen LogP) is 1.37. The number of carbonyl (C=O) groups excluding carboxylic acids is 2. The van der Waals surface area contributed by atoms with Gasteiger partial charge in [0.15, 0.2) is 0 Å². The first-order valence-corrected chi connectivity index (χ1v) is 6.95. The molecule has 2 rings (SSSR count). The molecule has 0 bridgehead atoms. The van der Waals surface area contributed by atoms with Gasteiger partial charge >= 0.3 is 0 Å². The SMILES string of the molecule is CCC(O)c1ccc(N2CC(=O)NC(=O)C2CC)cc1. The van der Waals surface area contributed by atoms with Gasteiger partial charge in [0.2, 0.25) is 11.8 Å². The van der Waals surface area contributed by atoms with E-state index in [1.165, 1.54) is 0 Å². The Morgan fingerprint density at radius 2 is 1.95 bits per heavy atom. The summed E-state index contributed by atoms with van der Waals surface area (Å²) in [7, 11) is 0. The molecule has 0 spiro atoms. The van der Waals surface area contributed by atoms with Crippen LogP contribution in [0.5, 0.6) is 0 Å². The molecular formula is C15H20N2O3. The third-order valence-electron chi connectivity index (χ3n) is 3.64. The summed E-state index contributed by atoms with van der Waals surface area (Å²) >= 11 is 0. The van der Waals surface area contributed by atoms with E-state index < -0.39 is 6.10 Å². The molecule has 1 heterocycles. The Morgan fingerprint density at radius 3 is 2.50 bits per heavy atom. The van der Waals surface area contributed by atoms with Gasteiger partial charge in [0.1, 0.15) is 6.04 Å². The van der Waals surface area contributed by atoms with E-state index in [1.807, 2.05) is 43.0 Å². The van der Waals surface area contributed by atoms with Gasteiger partial charge < -0.3 is 10.0 Å². The average Bonchev–Trinajstić information content (AvgIpc) is 2.46. The molecule has 1 aliphatic heterocycles. The van der Waals surface area contributed by atoms with Crippen LogP contribution >= 0.6 is 0 Å². The molecule has 5 nitrogen and oxygen atoms in total. The fourth-order valence-corrected chi connectivity index (χ4v) is 2.47. The minimum Gasteiger partial charge on any atom is -0.388 e. The van der Waals surface area contributed by atoms with Gasteiger partial charge in [0.25, 0.3) is 0 Å². The molecule has 108 valence electrons. The molecule has 5 heteroatoms. The maximum absolute atomic E-state index is 11.8. The monoisotopic (exact) mass is 276 g/mol. The number of aliphatic hydroxyl groups is 1. The molecule has 1 aromatic carbocycles. The number of amides is 2. The van der Waals surface area contributed by atoms with Crippen molar-refractivity contribution in [1.29, 1.82) is 0 Å². The zero-order chi connectivity index (χ0) is 14.7. The Hall–Kier alpha value is -1.88. The minimum absolute atomic E-state index is 0.180. The minimum atomic E-state index is -0.475. The van der Waals surface area contributed by atoms with Crippen LogP contribution in [0.25, 0.3) is 0 Å². The van der Waals surface area contributed by atoms with E-state index in [9.17, 15) is 14.7 Å². The number of benzene rings is 1. The smallest absolute Gasteiger partial charge is 0.249 e. The summed E-state index contributed by atoms with van der Waals surface area (Å²) in [5, 5.41) is 12.1. The first kappa shape index (κ1) is 14.5. The number of rotatable bonds is 4. The summed E-state index contributed by atoms with van der Waals surface area (Å²) in [4.78, 5) is 25.2. The van der Waals surface area contributed by atoms with E-state index in [1.54, 1.807) is 0 Å². The van der Waals surface area contributed by atoms with Crippen LogP contribution in [0.1, 0.15) is 38.4 Å². The lowest BCUT2D eigenvalue weighted by atomic mass is 10.0. The fourth-order valence-electron chi connectivity index (χ4n) is 2.47. The van der Waals surface area contributed by atoms with E-state index in [4.69, 9.17) is 0 Å². The third-order valence-corrected chi connectivity index (χ3v) is 3.64. The summed E-state index contributed by atoms with van der Waals surface area (Å²) in [6, 6.07) is 7.06. The van der Waals surface area contributed by atoms with Crippen molar-refractivity contribution in [3.05, 3.63) is 29.8 Å². The number of aliphatic hydroxyl groups excluding tert-OH is 1. The molecule has 1 aromatic rings. The van der Waals surface area contributed by atoms with E-state index in [-0.39, 0.29) is 24.4 Å². The highest BCUT2D eigenvalue weighted by molar-refractivity contribution is 6.04.